The van der Waals surface area contributed by atoms with Crippen molar-refractivity contribution >= 4 is 11.9 Å². The van der Waals surface area contributed by atoms with Crippen molar-refractivity contribution < 1.29 is 28.5 Å². The van der Waals surface area contributed by atoms with Gasteiger partial charge in [0.2, 0.25) is 0 Å². The van der Waals surface area contributed by atoms with Gasteiger partial charge in [0.25, 0.3) is 5.91 Å². The molecule has 1 amide bonds. The van der Waals surface area contributed by atoms with E-state index in [4.69, 9.17) is 18.9 Å². The van der Waals surface area contributed by atoms with Crippen molar-refractivity contribution in [3.8, 4) is 17.2 Å². The Bertz CT molecular complexity index is 834. The summed E-state index contributed by atoms with van der Waals surface area (Å²) < 4.78 is 20.8. The SMILES string of the molecule is COc1ccc(CNC(=O)COC(=O)COc2cc(C)ccc2C)cc1OC. The quantitative estimate of drug-likeness (QED) is 0.666. The zero-order valence-corrected chi connectivity index (χ0v) is 16.5. The summed E-state index contributed by atoms with van der Waals surface area (Å²) in [5.41, 5.74) is 2.78. The number of esters is 1. The van der Waals surface area contributed by atoms with Crippen molar-refractivity contribution in [3.63, 3.8) is 0 Å². The fourth-order valence-electron chi connectivity index (χ4n) is 2.43. The lowest BCUT2D eigenvalue weighted by molar-refractivity contribution is -0.150. The van der Waals surface area contributed by atoms with Gasteiger partial charge >= 0.3 is 5.97 Å². The molecule has 0 heterocycles. The summed E-state index contributed by atoms with van der Waals surface area (Å²) in [6, 6.07) is 11.1. The Morgan fingerprint density at radius 3 is 2.36 bits per heavy atom. The van der Waals surface area contributed by atoms with E-state index in [1.54, 1.807) is 26.4 Å². The van der Waals surface area contributed by atoms with E-state index in [9.17, 15) is 9.59 Å². The van der Waals surface area contributed by atoms with E-state index in [1.807, 2.05) is 38.1 Å². The van der Waals surface area contributed by atoms with E-state index in [0.29, 0.717) is 17.2 Å². The van der Waals surface area contributed by atoms with Gasteiger partial charge < -0.3 is 24.3 Å². The minimum atomic E-state index is -0.609. The van der Waals surface area contributed by atoms with Crippen LogP contribution in [0.25, 0.3) is 0 Å². The van der Waals surface area contributed by atoms with Crippen LogP contribution in [-0.4, -0.2) is 39.3 Å². The molecule has 0 aromatic heterocycles. The second-order valence-corrected chi connectivity index (χ2v) is 6.18. The van der Waals surface area contributed by atoms with Gasteiger partial charge in [-0.2, -0.15) is 0 Å². The van der Waals surface area contributed by atoms with Gasteiger partial charge in [-0.15, -0.1) is 0 Å². The number of aryl methyl sites for hydroxylation is 2. The number of nitrogens with one attached hydrogen (secondary N) is 1. The van der Waals surface area contributed by atoms with Gasteiger partial charge in [-0.3, -0.25) is 4.79 Å². The molecule has 0 bridgehead atoms. The molecule has 0 saturated heterocycles. The number of amides is 1. The molecular formula is C21H25NO6. The third-order valence-electron chi connectivity index (χ3n) is 3.99. The first-order valence-corrected chi connectivity index (χ1v) is 8.76. The highest BCUT2D eigenvalue weighted by molar-refractivity contribution is 5.80. The molecule has 7 nitrogen and oxygen atoms in total. The number of benzene rings is 2. The lowest BCUT2D eigenvalue weighted by atomic mass is 10.1. The molecule has 0 spiro atoms. The molecule has 0 radical (unpaired) electrons. The molecule has 0 aliphatic heterocycles. The summed E-state index contributed by atoms with van der Waals surface area (Å²) in [6.07, 6.45) is 0. The molecule has 150 valence electrons. The van der Waals surface area contributed by atoms with Crippen molar-refractivity contribution in [3.05, 3.63) is 53.1 Å². The summed E-state index contributed by atoms with van der Waals surface area (Å²) in [4.78, 5) is 23.7. The molecule has 0 saturated carbocycles. The van der Waals surface area contributed by atoms with E-state index < -0.39 is 11.9 Å². The van der Waals surface area contributed by atoms with Crippen LogP contribution in [0.2, 0.25) is 0 Å². The number of rotatable bonds is 9. The van der Waals surface area contributed by atoms with Crippen molar-refractivity contribution in [2.24, 2.45) is 0 Å². The summed E-state index contributed by atoms with van der Waals surface area (Å²) in [6.45, 7) is 3.47. The van der Waals surface area contributed by atoms with E-state index in [1.165, 1.54) is 0 Å². The maximum atomic E-state index is 11.9. The maximum Gasteiger partial charge on any atom is 0.344 e. The Hall–Kier alpha value is -3.22. The van der Waals surface area contributed by atoms with Crippen molar-refractivity contribution in [1.29, 1.82) is 0 Å². The Morgan fingerprint density at radius 1 is 0.893 bits per heavy atom. The third-order valence-corrected chi connectivity index (χ3v) is 3.99. The Balaban J connectivity index is 1.74. The first-order valence-electron chi connectivity index (χ1n) is 8.76. The third kappa shape index (κ3) is 6.19. The van der Waals surface area contributed by atoms with Gasteiger partial charge in [0, 0.05) is 6.54 Å². The molecular weight excluding hydrogens is 362 g/mol. The van der Waals surface area contributed by atoms with E-state index in [2.05, 4.69) is 5.32 Å². The highest BCUT2D eigenvalue weighted by Gasteiger charge is 2.10. The molecule has 28 heavy (non-hydrogen) atoms. The minimum Gasteiger partial charge on any atom is -0.493 e. The topological polar surface area (TPSA) is 83.1 Å². The van der Waals surface area contributed by atoms with Crippen LogP contribution in [0, 0.1) is 13.8 Å². The van der Waals surface area contributed by atoms with Gasteiger partial charge in [-0.25, -0.2) is 4.79 Å². The summed E-state index contributed by atoms with van der Waals surface area (Å²) in [5, 5.41) is 2.68. The summed E-state index contributed by atoms with van der Waals surface area (Å²) >= 11 is 0. The number of carbonyl (C=O) groups excluding carboxylic acids is 2. The Labute approximate surface area is 164 Å². The van der Waals surface area contributed by atoms with Gasteiger partial charge in [-0.1, -0.05) is 18.2 Å². The molecule has 1 N–H and O–H groups in total. The average molecular weight is 387 g/mol. The normalized spacial score (nSPS) is 10.1. The van der Waals surface area contributed by atoms with Crippen molar-refractivity contribution in [1.82, 2.24) is 5.32 Å². The van der Waals surface area contributed by atoms with Gasteiger partial charge in [0.05, 0.1) is 14.2 Å². The molecule has 0 aliphatic rings. The second-order valence-electron chi connectivity index (χ2n) is 6.18. The molecule has 2 rings (SSSR count). The maximum absolute atomic E-state index is 11.9. The van der Waals surface area contributed by atoms with Crippen LogP contribution >= 0.6 is 0 Å². The van der Waals surface area contributed by atoms with Gasteiger partial charge in [0.1, 0.15) is 5.75 Å². The monoisotopic (exact) mass is 387 g/mol. The molecule has 2 aromatic rings. The highest BCUT2D eigenvalue weighted by atomic mass is 16.6. The molecule has 7 heteroatoms. The standard InChI is InChI=1S/C21H25NO6/c1-14-5-6-15(2)18(9-14)27-13-21(24)28-12-20(23)22-11-16-7-8-17(25-3)19(10-16)26-4/h5-10H,11-13H2,1-4H3,(H,22,23). The fraction of sp³-hybridized carbons (Fsp3) is 0.333. The molecule has 0 atom stereocenters. The first-order chi connectivity index (χ1) is 13.4. The first kappa shape index (κ1) is 21.1. The summed E-state index contributed by atoms with van der Waals surface area (Å²) in [5.74, 6) is 0.784. The van der Waals surface area contributed by atoms with E-state index in [0.717, 1.165) is 16.7 Å². The lowest BCUT2D eigenvalue weighted by Crippen LogP contribution is -2.29. The number of carbonyl (C=O) groups is 2. The number of ether oxygens (including phenoxy) is 4. The zero-order valence-electron chi connectivity index (χ0n) is 16.5. The van der Waals surface area contributed by atoms with E-state index in [-0.39, 0.29) is 19.8 Å². The smallest absolute Gasteiger partial charge is 0.344 e. The second kappa shape index (κ2) is 10.2. The molecule has 0 fully saturated rings. The van der Waals surface area contributed by atoms with Gasteiger partial charge in [-0.05, 0) is 48.7 Å². The minimum absolute atomic E-state index is 0.257. The van der Waals surface area contributed by atoms with E-state index >= 15 is 0 Å². The fourth-order valence-corrected chi connectivity index (χ4v) is 2.43. The number of methoxy groups -OCH3 is 2. The van der Waals surface area contributed by atoms with Crippen LogP contribution in [0.4, 0.5) is 0 Å². The van der Waals surface area contributed by atoms with Crippen molar-refractivity contribution in [2.45, 2.75) is 20.4 Å². The van der Waals surface area contributed by atoms with Crippen molar-refractivity contribution in [2.75, 3.05) is 27.4 Å². The predicted molar refractivity (Wildman–Crippen MR) is 104 cm³/mol. The van der Waals surface area contributed by atoms with Crippen LogP contribution in [-0.2, 0) is 20.9 Å². The largest absolute Gasteiger partial charge is 0.493 e. The van der Waals surface area contributed by atoms with Crippen LogP contribution in [0.5, 0.6) is 17.2 Å². The van der Waals surface area contributed by atoms with Crippen LogP contribution < -0.4 is 19.5 Å². The van der Waals surface area contributed by atoms with Crippen LogP contribution in [0.3, 0.4) is 0 Å². The number of hydrogen-bond acceptors (Lipinski definition) is 6. The number of hydrogen-bond donors (Lipinski definition) is 1. The zero-order chi connectivity index (χ0) is 20.5. The Kier molecular flexibility index (Phi) is 7.68. The molecule has 2 aromatic carbocycles. The Morgan fingerprint density at radius 2 is 1.64 bits per heavy atom. The summed E-state index contributed by atoms with van der Waals surface area (Å²) in [7, 11) is 3.09. The molecule has 0 aliphatic carbocycles. The van der Waals surface area contributed by atoms with Gasteiger partial charge in [0.15, 0.2) is 24.7 Å². The average Bonchev–Trinajstić information content (AvgIpc) is 2.70. The van der Waals surface area contributed by atoms with Crippen LogP contribution in [0.15, 0.2) is 36.4 Å². The lowest BCUT2D eigenvalue weighted by Gasteiger charge is -2.11. The highest BCUT2D eigenvalue weighted by Crippen LogP contribution is 2.27. The molecule has 0 unspecified atom stereocenters. The van der Waals surface area contributed by atoms with Crippen LogP contribution in [0.1, 0.15) is 16.7 Å². The predicted octanol–water partition coefficient (Wildman–Crippen LogP) is 2.56.